The summed E-state index contributed by atoms with van der Waals surface area (Å²) in [5.41, 5.74) is 3.43. The fourth-order valence-corrected chi connectivity index (χ4v) is 4.07. The Labute approximate surface area is 144 Å². The molecule has 5 heteroatoms. The molecule has 2 heterocycles. The van der Waals surface area contributed by atoms with Crippen LogP contribution in [0.15, 0.2) is 29.0 Å². The number of halogens is 1. The van der Waals surface area contributed by atoms with Crippen molar-refractivity contribution in [3.63, 3.8) is 0 Å². The molecule has 1 fully saturated rings. The Kier molecular flexibility index (Phi) is 4.04. The molecule has 2 aliphatic rings. The van der Waals surface area contributed by atoms with E-state index in [1.165, 1.54) is 12.0 Å². The third-order valence-electron chi connectivity index (χ3n) is 4.69. The van der Waals surface area contributed by atoms with Crippen LogP contribution in [0.2, 0.25) is 5.02 Å². The fourth-order valence-electron chi connectivity index (χ4n) is 3.13. The van der Waals surface area contributed by atoms with E-state index >= 15 is 0 Å². The summed E-state index contributed by atoms with van der Waals surface area (Å²) in [5, 5.41) is 7.84. The Morgan fingerprint density at radius 3 is 2.91 bits per heavy atom. The smallest absolute Gasteiger partial charge is 0.223 e. The quantitative estimate of drug-likeness (QED) is 0.896. The molecule has 1 aliphatic carbocycles. The molecule has 1 amide bonds. The van der Waals surface area contributed by atoms with Crippen molar-refractivity contribution < 1.29 is 9.53 Å². The molecule has 4 rings (SSSR count). The van der Waals surface area contributed by atoms with Crippen molar-refractivity contribution in [2.45, 2.75) is 31.8 Å². The van der Waals surface area contributed by atoms with Gasteiger partial charge in [0.15, 0.2) is 0 Å². The minimum Gasteiger partial charge on any atom is -0.486 e. The Morgan fingerprint density at radius 2 is 2.22 bits per heavy atom. The second-order valence-electron chi connectivity index (χ2n) is 6.28. The van der Waals surface area contributed by atoms with Crippen LogP contribution in [0, 0.1) is 5.92 Å². The SMILES string of the molecule is O=C(NC[C@@H]1Cc2cc(-c3ccsc3)cc(Cl)c2O1)C1CCC1. The van der Waals surface area contributed by atoms with Crippen LogP contribution in [0.25, 0.3) is 11.1 Å². The zero-order valence-corrected chi connectivity index (χ0v) is 14.3. The second kappa shape index (κ2) is 6.17. The highest BCUT2D eigenvalue weighted by Crippen LogP contribution is 2.40. The van der Waals surface area contributed by atoms with Crippen molar-refractivity contribution in [2.24, 2.45) is 5.92 Å². The molecule has 0 saturated heterocycles. The highest BCUT2D eigenvalue weighted by atomic mass is 35.5. The van der Waals surface area contributed by atoms with Crippen molar-refractivity contribution in [2.75, 3.05) is 6.54 Å². The number of benzene rings is 1. The van der Waals surface area contributed by atoms with E-state index in [1.54, 1.807) is 11.3 Å². The van der Waals surface area contributed by atoms with Gasteiger partial charge in [0.2, 0.25) is 5.91 Å². The fraction of sp³-hybridized carbons (Fsp3) is 0.389. The van der Waals surface area contributed by atoms with E-state index in [2.05, 4.69) is 28.2 Å². The highest BCUT2D eigenvalue weighted by molar-refractivity contribution is 7.08. The van der Waals surface area contributed by atoms with Gasteiger partial charge in [0.05, 0.1) is 11.6 Å². The zero-order chi connectivity index (χ0) is 15.8. The minimum absolute atomic E-state index is 0.0238. The molecule has 0 unspecified atom stereocenters. The summed E-state index contributed by atoms with van der Waals surface area (Å²) in [7, 11) is 0. The lowest BCUT2D eigenvalue weighted by atomic mass is 9.85. The van der Waals surface area contributed by atoms with Crippen LogP contribution in [0.5, 0.6) is 5.75 Å². The number of carbonyl (C=O) groups is 1. The van der Waals surface area contributed by atoms with Crippen LogP contribution < -0.4 is 10.1 Å². The molecule has 0 spiro atoms. The Bertz CT molecular complexity index is 725. The maximum atomic E-state index is 11.9. The number of thiophene rings is 1. The maximum absolute atomic E-state index is 11.9. The number of ether oxygens (including phenoxy) is 1. The lowest BCUT2D eigenvalue weighted by Crippen LogP contribution is -2.40. The van der Waals surface area contributed by atoms with Gasteiger partial charge in [-0.15, -0.1) is 0 Å². The van der Waals surface area contributed by atoms with E-state index in [-0.39, 0.29) is 17.9 Å². The molecule has 120 valence electrons. The third-order valence-corrected chi connectivity index (χ3v) is 5.65. The maximum Gasteiger partial charge on any atom is 0.223 e. The van der Waals surface area contributed by atoms with Crippen LogP contribution in [-0.4, -0.2) is 18.6 Å². The standard InChI is InChI=1S/C18H18ClNO2S/c19-16-8-13(12-4-5-23-10-12)6-14-7-15(22-17(14)16)9-20-18(21)11-2-1-3-11/h4-6,8,10-11,15H,1-3,7,9H2,(H,20,21)/t15-/m0/s1. The Balaban J connectivity index is 1.44. The Morgan fingerprint density at radius 1 is 1.35 bits per heavy atom. The Hall–Kier alpha value is -1.52. The van der Waals surface area contributed by atoms with Crippen molar-refractivity contribution in [3.8, 4) is 16.9 Å². The van der Waals surface area contributed by atoms with Crippen LogP contribution >= 0.6 is 22.9 Å². The van der Waals surface area contributed by atoms with Gasteiger partial charge in [0.1, 0.15) is 11.9 Å². The monoisotopic (exact) mass is 347 g/mol. The van der Waals surface area contributed by atoms with Crippen LogP contribution in [0.1, 0.15) is 24.8 Å². The van der Waals surface area contributed by atoms with E-state index < -0.39 is 0 Å². The molecule has 1 saturated carbocycles. The van der Waals surface area contributed by atoms with Crippen LogP contribution in [0.4, 0.5) is 0 Å². The van der Waals surface area contributed by atoms with Crippen molar-refractivity contribution in [1.29, 1.82) is 0 Å². The first kappa shape index (κ1) is 15.0. The van der Waals surface area contributed by atoms with E-state index in [0.717, 1.165) is 36.1 Å². The lowest BCUT2D eigenvalue weighted by Gasteiger charge is -2.24. The molecule has 1 N–H and O–H groups in total. The van der Waals surface area contributed by atoms with Crippen molar-refractivity contribution in [1.82, 2.24) is 5.32 Å². The van der Waals surface area contributed by atoms with E-state index in [4.69, 9.17) is 16.3 Å². The van der Waals surface area contributed by atoms with Gasteiger partial charge >= 0.3 is 0 Å². The number of hydrogen-bond donors (Lipinski definition) is 1. The number of rotatable bonds is 4. The molecule has 1 atom stereocenters. The number of amides is 1. The molecule has 2 aromatic rings. The van der Waals surface area contributed by atoms with Gasteiger partial charge in [0.25, 0.3) is 0 Å². The average molecular weight is 348 g/mol. The number of fused-ring (bicyclic) bond motifs is 1. The summed E-state index contributed by atoms with van der Waals surface area (Å²) in [6, 6.07) is 6.20. The van der Waals surface area contributed by atoms with E-state index in [0.29, 0.717) is 11.6 Å². The third kappa shape index (κ3) is 2.98. The van der Waals surface area contributed by atoms with E-state index in [1.807, 2.05) is 6.07 Å². The minimum atomic E-state index is -0.0238. The number of nitrogens with one attached hydrogen (secondary N) is 1. The molecule has 23 heavy (non-hydrogen) atoms. The van der Waals surface area contributed by atoms with Gasteiger partial charge in [-0.25, -0.2) is 0 Å². The molecule has 0 bridgehead atoms. The van der Waals surface area contributed by atoms with Crippen LogP contribution in [0.3, 0.4) is 0 Å². The number of hydrogen-bond acceptors (Lipinski definition) is 3. The number of carbonyl (C=O) groups excluding carboxylic acids is 1. The van der Waals surface area contributed by atoms with Crippen molar-refractivity contribution in [3.05, 3.63) is 39.5 Å². The largest absolute Gasteiger partial charge is 0.486 e. The van der Waals surface area contributed by atoms with E-state index in [9.17, 15) is 4.79 Å². The first-order valence-corrected chi connectivity index (χ1v) is 9.32. The summed E-state index contributed by atoms with van der Waals surface area (Å²) in [6.45, 7) is 0.550. The van der Waals surface area contributed by atoms with Gasteiger partial charge in [-0.1, -0.05) is 18.0 Å². The zero-order valence-electron chi connectivity index (χ0n) is 12.7. The molecule has 1 aromatic carbocycles. The van der Waals surface area contributed by atoms with Crippen LogP contribution in [-0.2, 0) is 11.2 Å². The molecule has 1 aromatic heterocycles. The molecule has 0 radical (unpaired) electrons. The first-order chi connectivity index (χ1) is 11.2. The van der Waals surface area contributed by atoms with Crippen molar-refractivity contribution >= 4 is 28.8 Å². The first-order valence-electron chi connectivity index (χ1n) is 8.00. The van der Waals surface area contributed by atoms with Gasteiger partial charge in [-0.05, 0) is 52.9 Å². The second-order valence-corrected chi connectivity index (χ2v) is 7.46. The average Bonchev–Trinajstić information content (AvgIpc) is 3.12. The predicted octanol–water partition coefficient (Wildman–Crippen LogP) is 4.29. The van der Waals surface area contributed by atoms with Gasteiger partial charge < -0.3 is 10.1 Å². The van der Waals surface area contributed by atoms with Gasteiger partial charge in [-0.3, -0.25) is 4.79 Å². The summed E-state index contributed by atoms with van der Waals surface area (Å²) >= 11 is 8.07. The topological polar surface area (TPSA) is 38.3 Å². The summed E-state index contributed by atoms with van der Waals surface area (Å²) < 4.78 is 5.95. The lowest BCUT2D eigenvalue weighted by molar-refractivity contribution is -0.127. The summed E-state index contributed by atoms with van der Waals surface area (Å²) in [5.74, 6) is 1.15. The van der Waals surface area contributed by atoms with Gasteiger partial charge in [-0.2, -0.15) is 11.3 Å². The summed E-state index contributed by atoms with van der Waals surface area (Å²) in [6.07, 6.45) is 3.98. The molecule has 1 aliphatic heterocycles. The van der Waals surface area contributed by atoms with Gasteiger partial charge in [0, 0.05) is 17.9 Å². The predicted molar refractivity (Wildman–Crippen MR) is 93.2 cm³/mol. The highest BCUT2D eigenvalue weighted by Gasteiger charge is 2.29. The molecular formula is C18H18ClNO2S. The normalized spacial score (nSPS) is 19.8. The molecule has 3 nitrogen and oxygen atoms in total. The molecular weight excluding hydrogens is 330 g/mol. The summed E-state index contributed by atoms with van der Waals surface area (Å²) in [4.78, 5) is 11.9.